The first-order valence-corrected chi connectivity index (χ1v) is 1.37. The van der Waals surface area contributed by atoms with Crippen molar-refractivity contribution >= 4 is 41.4 Å². The number of rotatable bonds is 0. The van der Waals surface area contributed by atoms with Gasteiger partial charge in [-0.2, -0.15) is 0 Å². The number of hydrogen-bond donors (Lipinski definition) is 0. The van der Waals surface area contributed by atoms with E-state index in [0.29, 0.717) is 22.5 Å². The molecule has 0 aromatic carbocycles. The van der Waals surface area contributed by atoms with Crippen molar-refractivity contribution in [1.29, 1.82) is 0 Å². The van der Waals surface area contributed by atoms with Gasteiger partial charge in [0.15, 0.2) is 0 Å². The second kappa shape index (κ2) is 21.2. The first kappa shape index (κ1) is 17.0. The Morgan fingerprint density at radius 3 is 1.25 bits per heavy atom. The molecule has 0 fully saturated rings. The Hall–Kier alpha value is 1.82. The molecule has 0 aromatic rings. The molecule has 0 saturated carbocycles. The summed E-state index contributed by atoms with van der Waals surface area (Å²) in [6, 6.07) is 0. The molecule has 0 aliphatic rings. The van der Waals surface area contributed by atoms with Gasteiger partial charge in [0.2, 0.25) is 0 Å². The van der Waals surface area contributed by atoms with E-state index in [4.69, 9.17) is 3.08 Å². The third-order valence-electron chi connectivity index (χ3n) is 0. The third kappa shape index (κ3) is 9.17. The van der Waals surface area contributed by atoms with Crippen LogP contribution in [0.2, 0.25) is 0 Å². The Labute approximate surface area is 63.3 Å². The van der Waals surface area contributed by atoms with Gasteiger partial charge in [0.25, 0.3) is 0 Å². The van der Waals surface area contributed by atoms with E-state index in [9.17, 15) is 0 Å². The van der Waals surface area contributed by atoms with Crippen LogP contribution in [0.3, 0.4) is 0 Å². The average Bonchev–Trinajstić information content (AvgIpc) is 1.00. The van der Waals surface area contributed by atoms with E-state index in [1.54, 1.807) is 0 Å². The Morgan fingerprint density at radius 2 is 1.25 bits per heavy atom. The summed E-state index contributed by atoms with van der Waals surface area (Å²) in [5, 5.41) is 0. The van der Waals surface area contributed by atoms with Crippen molar-refractivity contribution in [2.24, 2.45) is 0 Å². The second-order valence-corrected chi connectivity index (χ2v) is 0. The molecule has 4 heteroatoms. The predicted octanol–water partition coefficient (Wildman–Crippen LogP) is -0.883. The van der Waals surface area contributed by atoms with Crippen LogP contribution in [0.25, 0.3) is 0 Å². The summed E-state index contributed by atoms with van der Waals surface area (Å²) in [6.45, 7) is 0. The van der Waals surface area contributed by atoms with E-state index in [-0.39, 0.29) is 38.3 Å². The quantitative estimate of drug-likeness (QED) is 0.504. The van der Waals surface area contributed by atoms with Crippen LogP contribution < -0.4 is 0 Å². The molecule has 0 bridgehead atoms. The maximum atomic E-state index is 8.34. The predicted molar refractivity (Wildman–Crippen MR) is 12.2 cm³/mol. The van der Waals surface area contributed by atoms with Crippen LogP contribution in [0.4, 0.5) is 0 Å². The molecule has 0 atom stereocenters. The van der Waals surface area contributed by atoms with Gasteiger partial charge in [-0.3, -0.25) is 0 Å². The van der Waals surface area contributed by atoms with E-state index in [1.807, 2.05) is 0 Å². The van der Waals surface area contributed by atoms with Crippen molar-refractivity contribution in [1.82, 2.24) is 0 Å². The monoisotopic (exact) mass is 245 g/mol. The second-order valence-electron chi connectivity index (χ2n) is 0. The summed E-state index contributed by atoms with van der Waals surface area (Å²) in [4.78, 5) is 0. The zero-order chi connectivity index (χ0) is 2.00. The van der Waals surface area contributed by atoms with E-state index in [0.717, 1.165) is 0 Å². The van der Waals surface area contributed by atoms with Gasteiger partial charge in [-0.05, 0) is 0 Å². The van der Waals surface area contributed by atoms with Gasteiger partial charge in [-0.25, -0.2) is 0 Å². The van der Waals surface area contributed by atoms with Gasteiger partial charge < -0.3 is 0 Å². The SMILES string of the molecule is [Li].[O]=[Sn].[Ru]. The standard InChI is InChI=1S/Li.O.Ru.Sn. The Kier molecular flexibility index (Phi) is 90.3. The van der Waals surface area contributed by atoms with Crippen molar-refractivity contribution in [3.05, 3.63) is 0 Å². The summed E-state index contributed by atoms with van der Waals surface area (Å²) < 4.78 is 8.34. The van der Waals surface area contributed by atoms with Crippen molar-refractivity contribution in [3.63, 3.8) is 0 Å². The van der Waals surface area contributed by atoms with Gasteiger partial charge >= 0.3 is 25.6 Å². The molecular weight excluding hydrogens is 243 g/mol. The molecular formula is LiORuSn. The largest absolute Gasteiger partial charge is 0 e. The Morgan fingerprint density at radius 1 is 1.25 bits per heavy atom. The van der Waals surface area contributed by atoms with Gasteiger partial charge in [-0.1, -0.05) is 0 Å². The first-order valence-electron chi connectivity index (χ1n) is 0.204. The minimum atomic E-state index is 0. The normalized spacial score (nSPS) is 1.00. The van der Waals surface area contributed by atoms with Crippen molar-refractivity contribution in [3.8, 4) is 0 Å². The summed E-state index contributed by atoms with van der Waals surface area (Å²) in [5.74, 6) is 0. The third-order valence-corrected chi connectivity index (χ3v) is 0. The molecule has 19 valence electrons. The Balaban J connectivity index is -0.00000000500. The minimum absolute atomic E-state index is 0. The summed E-state index contributed by atoms with van der Waals surface area (Å²) in [5.41, 5.74) is 0. The molecule has 0 aromatic heterocycles. The fourth-order valence-corrected chi connectivity index (χ4v) is 0. The maximum Gasteiger partial charge on any atom is 0 e. The van der Waals surface area contributed by atoms with Crippen molar-refractivity contribution < 1.29 is 22.6 Å². The molecule has 0 N–H and O–H groups in total. The molecule has 3 radical (unpaired) electrons. The molecule has 0 heterocycles. The summed E-state index contributed by atoms with van der Waals surface area (Å²) in [7, 11) is 0. The van der Waals surface area contributed by atoms with Crippen LogP contribution >= 0.6 is 0 Å². The zero-order valence-electron chi connectivity index (χ0n) is 2.26. The van der Waals surface area contributed by atoms with Crippen LogP contribution in [-0.4, -0.2) is 41.4 Å². The van der Waals surface area contributed by atoms with Gasteiger partial charge in [0.1, 0.15) is 0 Å². The Bertz CT molecular complexity index is 8.00. The molecule has 0 saturated heterocycles. The van der Waals surface area contributed by atoms with Crippen LogP contribution in [-0.2, 0) is 22.6 Å². The van der Waals surface area contributed by atoms with Gasteiger partial charge in [0, 0.05) is 38.3 Å². The van der Waals surface area contributed by atoms with Gasteiger partial charge in [0.05, 0.1) is 0 Å². The van der Waals surface area contributed by atoms with Crippen molar-refractivity contribution in [2.75, 3.05) is 0 Å². The molecule has 0 rings (SSSR count). The summed E-state index contributed by atoms with van der Waals surface area (Å²) >= 11 is 0.300. The number of hydrogen-bond acceptors (Lipinski definition) is 1. The topological polar surface area (TPSA) is 17.1 Å². The average molecular weight is 243 g/mol. The van der Waals surface area contributed by atoms with E-state index >= 15 is 0 Å². The molecule has 0 aliphatic heterocycles. The fourth-order valence-electron chi connectivity index (χ4n) is 0. The van der Waals surface area contributed by atoms with Crippen molar-refractivity contribution in [2.45, 2.75) is 0 Å². The van der Waals surface area contributed by atoms with Crippen LogP contribution in [0, 0.1) is 0 Å². The van der Waals surface area contributed by atoms with Gasteiger partial charge in [-0.15, -0.1) is 0 Å². The molecule has 4 heavy (non-hydrogen) atoms. The first-order chi connectivity index (χ1) is 1.00. The molecule has 0 amide bonds. The van der Waals surface area contributed by atoms with Crippen LogP contribution in [0.1, 0.15) is 0 Å². The maximum absolute atomic E-state index is 8.34. The van der Waals surface area contributed by atoms with Crippen LogP contribution in [0.5, 0.6) is 0 Å². The minimum Gasteiger partial charge on any atom is 0 e. The van der Waals surface area contributed by atoms with E-state index in [1.165, 1.54) is 0 Å². The van der Waals surface area contributed by atoms with Crippen LogP contribution in [0.15, 0.2) is 0 Å². The smallest absolute Gasteiger partial charge is 0 e. The molecule has 1 nitrogen and oxygen atoms in total. The summed E-state index contributed by atoms with van der Waals surface area (Å²) in [6.07, 6.45) is 0. The molecule has 0 aliphatic carbocycles. The fraction of sp³-hybridized carbons (Fsp3) is 0. The molecule has 0 spiro atoms. The molecule has 0 unspecified atom stereocenters. The van der Waals surface area contributed by atoms with E-state index in [2.05, 4.69) is 0 Å². The zero-order valence-corrected chi connectivity index (χ0v) is 6.85. The van der Waals surface area contributed by atoms with E-state index < -0.39 is 0 Å².